The number of aryl methyl sites for hydroxylation is 1. The lowest BCUT2D eigenvalue weighted by Gasteiger charge is -2.19. The lowest BCUT2D eigenvalue weighted by atomic mass is 10.2. The summed E-state index contributed by atoms with van der Waals surface area (Å²) < 4.78 is 30.1. The highest BCUT2D eigenvalue weighted by Gasteiger charge is 2.19. The number of hydrogen-bond acceptors (Lipinski definition) is 9. The van der Waals surface area contributed by atoms with Gasteiger partial charge in [-0.15, -0.1) is 11.3 Å². The number of ether oxygens (including phenoxy) is 3. The van der Waals surface area contributed by atoms with Crippen LogP contribution in [0.2, 0.25) is 0 Å². The molecule has 1 aromatic carbocycles. The molecule has 2 aromatic rings. The van der Waals surface area contributed by atoms with Gasteiger partial charge in [0.2, 0.25) is 0 Å². The molecule has 0 radical (unpaired) electrons. The first-order valence-electron chi connectivity index (χ1n) is 13.3. The maximum Gasteiger partial charge on any atom is 0.407 e. The van der Waals surface area contributed by atoms with E-state index in [2.05, 4.69) is 27.5 Å². The van der Waals surface area contributed by atoms with Crippen LogP contribution in [0.1, 0.15) is 67.4 Å². The predicted octanol–water partition coefficient (Wildman–Crippen LogP) is 5.10. The number of aromatic nitrogens is 1. The van der Waals surface area contributed by atoms with Gasteiger partial charge in [-0.3, -0.25) is 4.90 Å². The van der Waals surface area contributed by atoms with E-state index in [0.717, 1.165) is 24.1 Å². The van der Waals surface area contributed by atoms with Crippen molar-refractivity contribution in [1.82, 2.24) is 15.2 Å². The Morgan fingerprint density at radius 3 is 2.55 bits per heavy atom. The van der Waals surface area contributed by atoms with Gasteiger partial charge in [-0.1, -0.05) is 11.8 Å². The molecule has 11 heteroatoms. The molecule has 1 heterocycles. The Hall–Kier alpha value is -3.36. The second kappa shape index (κ2) is 16.7. The number of anilines is 1. The number of benzene rings is 1. The number of unbranched alkanes of at least 4 members (excludes halogenated alkanes) is 2. The first kappa shape index (κ1) is 32.8. The Kier molecular flexibility index (Phi) is 13.7. The number of nitrogens with zero attached hydrogens (tertiary/aromatic N) is 2. The van der Waals surface area contributed by atoms with Gasteiger partial charge in [-0.2, -0.15) is 0 Å². The zero-order valence-corrected chi connectivity index (χ0v) is 25.1. The average Bonchev–Trinajstić information content (AvgIpc) is 3.28. The van der Waals surface area contributed by atoms with Crippen molar-refractivity contribution in [3.63, 3.8) is 0 Å². The van der Waals surface area contributed by atoms with Crippen molar-refractivity contribution >= 4 is 28.5 Å². The van der Waals surface area contributed by atoms with E-state index in [-0.39, 0.29) is 18.1 Å². The minimum absolute atomic E-state index is 0.166. The van der Waals surface area contributed by atoms with Crippen LogP contribution in [-0.2, 0) is 15.9 Å². The van der Waals surface area contributed by atoms with Crippen LogP contribution in [0, 0.1) is 17.7 Å². The molecule has 2 rings (SSSR count). The quantitative estimate of drug-likeness (QED) is 0.182. The van der Waals surface area contributed by atoms with Crippen LogP contribution in [0.25, 0.3) is 0 Å². The van der Waals surface area contributed by atoms with Gasteiger partial charge in [0.25, 0.3) is 0 Å². The van der Waals surface area contributed by atoms with Crippen LogP contribution in [0.5, 0.6) is 5.75 Å². The lowest BCUT2D eigenvalue weighted by Crippen LogP contribution is -2.33. The number of esters is 1. The SMILES string of the molecule is COC(=O)c1nc(NCCCCCNC(=O)OC(C)(C)C)sc1CCCOc1ccc(C#CCN(C)C)cc1F. The van der Waals surface area contributed by atoms with Crippen LogP contribution >= 0.6 is 11.3 Å². The number of hydrogen-bond donors (Lipinski definition) is 2. The van der Waals surface area contributed by atoms with E-state index >= 15 is 0 Å². The molecule has 0 unspecified atom stereocenters. The molecule has 9 nitrogen and oxygen atoms in total. The molecular formula is C29H41FN4O5S. The van der Waals surface area contributed by atoms with Gasteiger partial charge in [0, 0.05) is 23.5 Å². The number of carbonyl (C=O) groups excluding carboxylic acids is 2. The molecular weight excluding hydrogens is 535 g/mol. The first-order chi connectivity index (χ1) is 19.0. The maximum atomic E-state index is 14.4. The minimum Gasteiger partial charge on any atom is -0.491 e. The summed E-state index contributed by atoms with van der Waals surface area (Å²) in [6, 6.07) is 4.68. The van der Waals surface area contributed by atoms with E-state index in [0.29, 0.717) is 43.2 Å². The molecule has 2 N–H and O–H groups in total. The standard InChI is InChI=1S/C29H41FN4O5S/c1-29(2,3)39-28(36)32-17-9-7-8-16-31-27-33-25(26(35)37-6)24(40-27)13-11-19-38-23-15-14-21(20-22(23)30)12-10-18-34(4)5/h14-15,20H,7-9,11,13,16-19H2,1-6H3,(H,31,33)(H,32,36). The number of rotatable bonds is 14. The van der Waals surface area contributed by atoms with Gasteiger partial charge in [0.05, 0.1) is 20.3 Å². The van der Waals surface area contributed by atoms with Crippen LogP contribution in [0.4, 0.5) is 14.3 Å². The van der Waals surface area contributed by atoms with E-state index in [1.165, 1.54) is 24.5 Å². The van der Waals surface area contributed by atoms with E-state index in [9.17, 15) is 14.0 Å². The minimum atomic E-state index is -0.512. The van der Waals surface area contributed by atoms with Crippen molar-refractivity contribution in [3.8, 4) is 17.6 Å². The third-order valence-electron chi connectivity index (χ3n) is 5.24. The summed E-state index contributed by atoms with van der Waals surface area (Å²) in [4.78, 5) is 31.0. The molecule has 0 aliphatic heterocycles. The largest absolute Gasteiger partial charge is 0.491 e. The fraction of sp³-hybridized carbons (Fsp3) is 0.552. The molecule has 0 fully saturated rings. The predicted molar refractivity (Wildman–Crippen MR) is 156 cm³/mol. The molecule has 0 aliphatic rings. The number of carbonyl (C=O) groups is 2. The highest BCUT2D eigenvalue weighted by atomic mass is 32.1. The highest BCUT2D eigenvalue weighted by molar-refractivity contribution is 7.15. The summed E-state index contributed by atoms with van der Waals surface area (Å²) in [5.41, 5.74) is 0.363. The molecule has 0 saturated carbocycles. The average molecular weight is 577 g/mol. The topological polar surface area (TPSA) is 102 Å². The van der Waals surface area contributed by atoms with Crippen molar-refractivity contribution in [2.45, 2.75) is 58.5 Å². The third kappa shape index (κ3) is 12.7. The fourth-order valence-corrected chi connectivity index (χ4v) is 4.41. The number of thiazole rings is 1. The molecule has 1 aromatic heterocycles. The van der Waals surface area contributed by atoms with Gasteiger partial charge < -0.3 is 24.8 Å². The zero-order chi connectivity index (χ0) is 29.5. The first-order valence-corrected chi connectivity index (χ1v) is 14.1. The highest BCUT2D eigenvalue weighted by Crippen LogP contribution is 2.26. The Labute approximate surface area is 240 Å². The Morgan fingerprint density at radius 1 is 1.12 bits per heavy atom. The molecule has 0 saturated heterocycles. The van der Waals surface area contributed by atoms with Gasteiger partial charge in [-0.25, -0.2) is 19.0 Å². The number of methoxy groups -OCH3 is 1. The van der Waals surface area contributed by atoms with Gasteiger partial charge in [-0.05, 0) is 85.2 Å². The summed E-state index contributed by atoms with van der Waals surface area (Å²) in [7, 11) is 5.16. The molecule has 0 bridgehead atoms. The van der Waals surface area contributed by atoms with E-state index in [1.807, 2.05) is 39.8 Å². The van der Waals surface area contributed by atoms with Gasteiger partial charge in [0.1, 0.15) is 5.60 Å². The van der Waals surface area contributed by atoms with Crippen molar-refractivity contribution in [3.05, 3.63) is 40.2 Å². The van der Waals surface area contributed by atoms with Crippen LogP contribution < -0.4 is 15.4 Å². The summed E-state index contributed by atoms with van der Waals surface area (Å²) in [5, 5.41) is 6.64. The van der Waals surface area contributed by atoms with E-state index < -0.39 is 23.5 Å². The third-order valence-corrected chi connectivity index (χ3v) is 6.31. The Morgan fingerprint density at radius 2 is 1.88 bits per heavy atom. The van der Waals surface area contributed by atoms with Crippen LogP contribution in [-0.4, -0.2) is 75.0 Å². The normalized spacial score (nSPS) is 11.0. The molecule has 0 aliphatic carbocycles. The van der Waals surface area contributed by atoms with Crippen molar-refractivity contribution in [2.24, 2.45) is 0 Å². The summed E-state index contributed by atoms with van der Waals surface area (Å²) >= 11 is 1.40. The molecule has 1 amide bonds. The zero-order valence-electron chi connectivity index (χ0n) is 24.3. The van der Waals surface area contributed by atoms with Crippen LogP contribution in [0.15, 0.2) is 18.2 Å². The Bertz CT molecular complexity index is 1170. The van der Waals surface area contributed by atoms with Gasteiger partial charge >= 0.3 is 12.1 Å². The molecule has 220 valence electrons. The van der Waals surface area contributed by atoms with Crippen molar-refractivity contribution < 1.29 is 28.2 Å². The number of nitrogens with one attached hydrogen (secondary N) is 2. The fourth-order valence-electron chi connectivity index (χ4n) is 3.39. The maximum absolute atomic E-state index is 14.4. The smallest absolute Gasteiger partial charge is 0.407 e. The van der Waals surface area contributed by atoms with Crippen molar-refractivity contribution in [1.29, 1.82) is 0 Å². The van der Waals surface area contributed by atoms with Gasteiger partial charge in [0.15, 0.2) is 22.4 Å². The molecule has 0 atom stereocenters. The second-order valence-corrected chi connectivity index (χ2v) is 11.4. The summed E-state index contributed by atoms with van der Waals surface area (Å²) in [6.07, 6.45) is 3.30. The lowest BCUT2D eigenvalue weighted by molar-refractivity contribution is 0.0525. The number of halogens is 1. The van der Waals surface area contributed by atoms with Crippen LogP contribution in [0.3, 0.4) is 0 Å². The number of alkyl carbamates (subject to hydrolysis) is 1. The summed E-state index contributed by atoms with van der Waals surface area (Å²) in [6.45, 7) is 7.58. The Balaban J connectivity index is 1.77. The molecule has 40 heavy (non-hydrogen) atoms. The van der Waals surface area contributed by atoms with E-state index in [1.54, 1.807) is 12.1 Å². The van der Waals surface area contributed by atoms with Crippen molar-refractivity contribution in [2.75, 3.05) is 52.8 Å². The second-order valence-electron chi connectivity index (χ2n) is 10.3. The number of amides is 1. The monoisotopic (exact) mass is 576 g/mol. The van der Waals surface area contributed by atoms with E-state index in [4.69, 9.17) is 14.2 Å². The summed E-state index contributed by atoms with van der Waals surface area (Å²) in [5.74, 6) is 5.12. The molecule has 0 spiro atoms.